The molecule has 1 aromatic rings. The van der Waals surface area contributed by atoms with Crippen LogP contribution in [0.5, 0.6) is 0 Å². The van der Waals surface area contributed by atoms with Crippen LogP contribution < -0.4 is 0 Å². The molecule has 2 saturated heterocycles. The Morgan fingerprint density at radius 1 is 1.26 bits per heavy atom. The van der Waals surface area contributed by atoms with E-state index >= 15 is 0 Å². The molecule has 3 heteroatoms. The van der Waals surface area contributed by atoms with E-state index in [0.717, 1.165) is 13.0 Å². The van der Waals surface area contributed by atoms with Crippen LogP contribution in [0.15, 0.2) is 30.3 Å². The lowest BCUT2D eigenvalue weighted by molar-refractivity contribution is 0.0233. The van der Waals surface area contributed by atoms with Crippen LogP contribution in [0, 0.1) is 5.92 Å². The number of nitrogens with zero attached hydrogens (tertiary/aromatic N) is 1. The molecule has 0 unspecified atom stereocenters. The van der Waals surface area contributed by atoms with Crippen molar-refractivity contribution < 1.29 is 9.53 Å². The number of fused-ring (bicyclic) bond motifs is 1. The lowest BCUT2D eigenvalue weighted by atomic mass is 9.70. The molecule has 3 atom stereocenters. The molecular weight excluding hydrogens is 238 g/mol. The van der Waals surface area contributed by atoms with Gasteiger partial charge in [-0.2, -0.15) is 0 Å². The van der Waals surface area contributed by atoms with Gasteiger partial charge in [-0.05, 0) is 38.7 Å². The minimum absolute atomic E-state index is 0.154. The van der Waals surface area contributed by atoms with Crippen molar-refractivity contribution in [2.45, 2.75) is 44.8 Å². The first-order valence-electron chi connectivity index (χ1n) is 7.00. The summed E-state index contributed by atoms with van der Waals surface area (Å²) in [5.74, 6) is 1.12. The van der Waals surface area contributed by atoms with Gasteiger partial charge in [0.05, 0.1) is 0 Å². The van der Waals surface area contributed by atoms with E-state index in [0.29, 0.717) is 17.9 Å². The maximum atomic E-state index is 12.2. The molecule has 19 heavy (non-hydrogen) atoms. The highest BCUT2D eigenvalue weighted by Gasteiger charge is 2.54. The molecule has 2 bridgehead atoms. The van der Waals surface area contributed by atoms with Crippen molar-refractivity contribution in [2.75, 3.05) is 6.54 Å². The Morgan fingerprint density at radius 2 is 1.95 bits per heavy atom. The molecule has 1 saturated carbocycles. The normalized spacial score (nSPS) is 29.0. The average molecular weight is 259 g/mol. The third-order valence-electron chi connectivity index (χ3n) is 4.11. The maximum Gasteiger partial charge on any atom is 0.410 e. The van der Waals surface area contributed by atoms with Gasteiger partial charge in [-0.15, -0.1) is 0 Å². The topological polar surface area (TPSA) is 29.5 Å². The summed E-state index contributed by atoms with van der Waals surface area (Å²) in [5.41, 5.74) is 0.946. The SMILES string of the molecule is CC(C)(C)OC(=O)N1C[C@H]2C[C@@H]1[C@H]2c1ccccc1. The summed E-state index contributed by atoms with van der Waals surface area (Å²) in [6, 6.07) is 10.9. The highest BCUT2D eigenvalue weighted by Crippen LogP contribution is 2.52. The van der Waals surface area contributed by atoms with Crippen LogP contribution >= 0.6 is 0 Å². The summed E-state index contributed by atoms with van der Waals surface area (Å²) in [6.45, 7) is 6.60. The van der Waals surface area contributed by atoms with Gasteiger partial charge in [0.2, 0.25) is 0 Å². The molecule has 2 heterocycles. The number of hydrogen-bond donors (Lipinski definition) is 0. The molecule has 1 amide bonds. The molecular formula is C16H21NO2. The number of hydrogen-bond acceptors (Lipinski definition) is 2. The molecule has 0 spiro atoms. The lowest BCUT2D eigenvalue weighted by Crippen LogP contribution is -2.42. The Kier molecular flexibility index (Phi) is 2.80. The zero-order valence-corrected chi connectivity index (χ0v) is 11.8. The Bertz CT molecular complexity index is 477. The number of benzene rings is 1. The van der Waals surface area contributed by atoms with Gasteiger partial charge in [0.25, 0.3) is 0 Å². The monoisotopic (exact) mass is 259 g/mol. The van der Waals surface area contributed by atoms with Crippen molar-refractivity contribution in [3.05, 3.63) is 35.9 Å². The molecule has 0 radical (unpaired) electrons. The Morgan fingerprint density at radius 3 is 2.58 bits per heavy atom. The predicted octanol–water partition coefficient (Wildman–Crippen LogP) is 3.41. The van der Waals surface area contributed by atoms with Gasteiger partial charge in [-0.3, -0.25) is 0 Å². The second kappa shape index (κ2) is 4.26. The first kappa shape index (κ1) is 12.5. The summed E-state index contributed by atoms with van der Waals surface area (Å²) in [5, 5.41) is 0. The van der Waals surface area contributed by atoms with Gasteiger partial charge < -0.3 is 9.64 Å². The van der Waals surface area contributed by atoms with Crippen LogP contribution in [-0.4, -0.2) is 29.2 Å². The van der Waals surface area contributed by atoms with Gasteiger partial charge in [-0.1, -0.05) is 30.3 Å². The number of carbonyl (C=O) groups excluding carboxylic acids is 1. The second-order valence-electron chi connectivity index (χ2n) is 6.63. The number of ether oxygens (including phenoxy) is 1. The predicted molar refractivity (Wildman–Crippen MR) is 74.0 cm³/mol. The zero-order valence-electron chi connectivity index (χ0n) is 11.8. The van der Waals surface area contributed by atoms with E-state index in [1.807, 2.05) is 31.7 Å². The molecule has 1 aromatic carbocycles. The van der Waals surface area contributed by atoms with Gasteiger partial charge in [-0.25, -0.2) is 4.79 Å². The fraction of sp³-hybridized carbons (Fsp3) is 0.562. The summed E-state index contributed by atoms with van der Waals surface area (Å²) < 4.78 is 5.49. The summed E-state index contributed by atoms with van der Waals surface area (Å²) in [4.78, 5) is 14.1. The van der Waals surface area contributed by atoms with Crippen molar-refractivity contribution >= 4 is 6.09 Å². The maximum absolute atomic E-state index is 12.2. The smallest absolute Gasteiger partial charge is 0.410 e. The number of carbonyl (C=O) groups is 1. The van der Waals surface area contributed by atoms with Gasteiger partial charge in [0.15, 0.2) is 0 Å². The number of rotatable bonds is 1. The van der Waals surface area contributed by atoms with Crippen LogP contribution in [0.4, 0.5) is 4.79 Å². The van der Waals surface area contributed by atoms with E-state index in [2.05, 4.69) is 24.3 Å². The fourth-order valence-electron chi connectivity index (χ4n) is 3.32. The van der Waals surface area contributed by atoms with Crippen molar-refractivity contribution in [3.8, 4) is 0 Å². The molecule has 3 aliphatic rings. The molecule has 3 nitrogen and oxygen atoms in total. The summed E-state index contributed by atoms with van der Waals surface area (Å²) >= 11 is 0. The third-order valence-corrected chi connectivity index (χ3v) is 4.11. The largest absolute Gasteiger partial charge is 0.444 e. The summed E-state index contributed by atoms with van der Waals surface area (Å²) in [7, 11) is 0. The van der Waals surface area contributed by atoms with E-state index in [9.17, 15) is 4.79 Å². The van der Waals surface area contributed by atoms with Gasteiger partial charge in [0.1, 0.15) is 5.60 Å². The second-order valence-corrected chi connectivity index (χ2v) is 6.63. The van der Waals surface area contributed by atoms with E-state index in [1.54, 1.807) is 0 Å². The molecule has 4 rings (SSSR count). The lowest BCUT2D eigenvalue weighted by Gasteiger charge is -2.37. The molecule has 2 aliphatic heterocycles. The van der Waals surface area contributed by atoms with Crippen LogP contribution in [0.25, 0.3) is 0 Å². The highest BCUT2D eigenvalue weighted by atomic mass is 16.6. The van der Waals surface area contributed by atoms with E-state index in [-0.39, 0.29) is 6.09 Å². The highest BCUT2D eigenvalue weighted by molar-refractivity contribution is 5.70. The molecule has 1 aliphatic carbocycles. The first-order chi connectivity index (χ1) is 8.96. The van der Waals surface area contributed by atoms with Gasteiger partial charge in [0, 0.05) is 18.5 Å². The quantitative estimate of drug-likeness (QED) is 0.773. The minimum Gasteiger partial charge on any atom is -0.444 e. The number of amides is 1. The fourth-order valence-corrected chi connectivity index (χ4v) is 3.32. The van der Waals surface area contributed by atoms with E-state index in [1.165, 1.54) is 5.56 Å². The Labute approximate surface area is 114 Å². The minimum atomic E-state index is -0.410. The molecule has 0 aromatic heterocycles. The van der Waals surface area contributed by atoms with Crippen LogP contribution in [0.2, 0.25) is 0 Å². The first-order valence-corrected chi connectivity index (χ1v) is 7.00. The zero-order chi connectivity index (χ0) is 13.6. The van der Waals surface area contributed by atoms with E-state index in [4.69, 9.17) is 4.74 Å². The van der Waals surface area contributed by atoms with Crippen molar-refractivity contribution in [2.24, 2.45) is 5.92 Å². The van der Waals surface area contributed by atoms with Gasteiger partial charge >= 0.3 is 6.09 Å². The Hall–Kier alpha value is -1.51. The summed E-state index contributed by atoms with van der Waals surface area (Å²) in [6.07, 6.45) is 0.970. The molecule has 102 valence electrons. The average Bonchev–Trinajstić information content (AvgIpc) is 2.86. The third kappa shape index (κ3) is 2.22. The molecule has 3 fully saturated rings. The van der Waals surface area contributed by atoms with Crippen molar-refractivity contribution in [1.82, 2.24) is 4.90 Å². The van der Waals surface area contributed by atoms with Crippen LogP contribution in [-0.2, 0) is 4.74 Å². The van der Waals surface area contributed by atoms with Crippen LogP contribution in [0.1, 0.15) is 38.7 Å². The van der Waals surface area contributed by atoms with Crippen molar-refractivity contribution in [3.63, 3.8) is 0 Å². The van der Waals surface area contributed by atoms with Crippen molar-refractivity contribution in [1.29, 1.82) is 0 Å². The standard InChI is InChI=1S/C16H21NO2/c1-16(2,3)19-15(18)17-10-12-9-13(17)14(12)11-7-5-4-6-8-11/h4-8,12-14H,9-10H2,1-3H3/t12-,13-,14+/m1/s1. The van der Waals surface area contributed by atoms with Crippen LogP contribution in [0.3, 0.4) is 0 Å². The molecule has 0 N–H and O–H groups in total. The van der Waals surface area contributed by atoms with E-state index < -0.39 is 5.60 Å². The Balaban J connectivity index is 1.71.